The Morgan fingerprint density at radius 1 is 0.828 bits per heavy atom. The van der Waals surface area contributed by atoms with Crippen LogP contribution < -0.4 is 0 Å². The van der Waals surface area contributed by atoms with E-state index in [1.165, 1.54) is 35.0 Å². The predicted molar refractivity (Wildman–Crippen MR) is 115 cm³/mol. The average Bonchev–Trinajstić information content (AvgIpc) is 3.55. The summed E-state index contributed by atoms with van der Waals surface area (Å²) in [6.45, 7) is 1.58. The number of carbonyl (C=O) groups is 3. The molecule has 5 nitrogen and oxygen atoms in total. The Labute approximate surface area is 175 Å². The predicted octanol–water partition coefficient (Wildman–Crippen LogP) is 6.28. The quantitative estimate of drug-likeness (QED) is 0.213. The van der Waals surface area contributed by atoms with Gasteiger partial charge in [0.15, 0.2) is 23.6 Å². The molecule has 0 atom stereocenters. The highest BCUT2D eigenvalue weighted by Gasteiger charge is 2.01. The van der Waals surface area contributed by atoms with E-state index in [9.17, 15) is 14.4 Å². The van der Waals surface area contributed by atoms with Crippen molar-refractivity contribution in [1.29, 1.82) is 0 Å². The maximum Gasteiger partial charge on any atom is 0.195 e. The van der Waals surface area contributed by atoms with Gasteiger partial charge >= 0.3 is 0 Å². The minimum atomic E-state index is 0.0106. The molecule has 148 valence electrons. The van der Waals surface area contributed by atoms with Crippen molar-refractivity contribution in [3.8, 4) is 0 Å². The number of allylic oxidation sites excluding steroid dienone is 1. The van der Waals surface area contributed by atoms with Crippen molar-refractivity contribution in [1.82, 2.24) is 0 Å². The molecule has 0 aliphatic heterocycles. The largest absolute Gasteiger partial charge is 0.465 e. The van der Waals surface area contributed by atoms with Gasteiger partial charge < -0.3 is 8.83 Å². The summed E-state index contributed by atoms with van der Waals surface area (Å²) in [7, 11) is 0. The van der Waals surface area contributed by atoms with Gasteiger partial charge in [-0.1, -0.05) is 12.1 Å². The fourth-order valence-corrected chi connectivity index (χ4v) is 3.15. The first kappa shape index (κ1) is 22.0. The zero-order valence-electron chi connectivity index (χ0n) is 15.5. The molecule has 4 aromatic rings. The molecule has 0 bridgehead atoms. The van der Waals surface area contributed by atoms with Crippen LogP contribution in [0.4, 0.5) is 0 Å². The third-order valence-electron chi connectivity index (χ3n) is 3.23. The first-order chi connectivity index (χ1) is 14.1. The van der Waals surface area contributed by atoms with Crippen molar-refractivity contribution in [2.45, 2.75) is 6.92 Å². The number of rotatable bonds is 5. The van der Waals surface area contributed by atoms with Crippen LogP contribution in [0.15, 0.2) is 86.7 Å². The van der Waals surface area contributed by atoms with E-state index in [0.29, 0.717) is 17.8 Å². The molecule has 0 saturated carbocycles. The summed E-state index contributed by atoms with van der Waals surface area (Å²) in [5, 5.41) is 3.78. The van der Waals surface area contributed by atoms with Crippen molar-refractivity contribution in [2.75, 3.05) is 0 Å². The lowest BCUT2D eigenvalue weighted by molar-refractivity contribution is 0.101. The van der Waals surface area contributed by atoms with Crippen LogP contribution in [0.3, 0.4) is 0 Å². The highest BCUT2D eigenvalue weighted by molar-refractivity contribution is 7.12. The molecule has 7 heteroatoms. The van der Waals surface area contributed by atoms with E-state index >= 15 is 0 Å². The number of hydrogen-bond donors (Lipinski definition) is 0. The smallest absolute Gasteiger partial charge is 0.195 e. The van der Waals surface area contributed by atoms with Crippen LogP contribution in [0.1, 0.15) is 42.6 Å². The fraction of sp³-hybridized carbons (Fsp3) is 0.0455. The molecule has 0 saturated heterocycles. The maximum atomic E-state index is 11.5. The lowest BCUT2D eigenvalue weighted by Crippen LogP contribution is -1.87. The SMILES string of the molecule is CC(=O)c1cccs1.O=C(/C=C/c1ccco1)c1cccs1.O=Cc1ccco1. The Morgan fingerprint density at radius 2 is 1.41 bits per heavy atom. The van der Waals surface area contributed by atoms with Gasteiger partial charge in [-0.25, -0.2) is 0 Å². The minimum absolute atomic E-state index is 0.0106. The summed E-state index contributed by atoms with van der Waals surface area (Å²) in [4.78, 5) is 33.4. The van der Waals surface area contributed by atoms with Crippen LogP contribution in [0.2, 0.25) is 0 Å². The molecule has 4 aromatic heterocycles. The van der Waals surface area contributed by atoms with E-state index in [0.717, 1.165) is 9.75 Å². The second-order valence-corrected chi connectivity index (χ2v) is 7.25. The van der Waals surface area contributed by atoms with Crippen molar-refractivity contribution in [3.63, 3.8) is 0 Å². The number of Topliss-reactive ketones (excluding diaryl/α,β-unsaturated/α-hetero) is 1. The summed E-state index contributed by atoms with van der Waals surface area (Å²) in [6.07, 6.45) is 6.89. The molecule has 0 fully saturated rings. The van der Waals surface area contributed by atoms with Crippen LogP contribution >= 0.6 is 22.7 Å². The molecule has 0 N–H and O–H groups in total. The van der Waals surface area contributed by atoms with Crippen LogP contribution in [0.25, 0.3) is 6.08 Å². The van der Waals surface area contributed by atoms with Gasteiger partial charge in [0.05, 0.1) is 22.3 Å². The highest BCUT2D eigenvalue weighted by Crippen LogP contribution is 2.11. The number of carbonyl (C=O) groups excluding carboxylic acids is 3. The molecular weight excluding hydrogens is 408 g/mol. The van der Waals surface area contributed by atoms with Crippen molar-refractivity contribution in [3.05, 3.63) is 99.2 Å². The minimum Gasteiger partial charge on any atom is -0.465 e. The van der Waals surface area contributed by atoms with Gasteiger partial charge in [0.1, 0.15) is 5.76 Å². The number of ketones is 2. The number of hydrogen-bond acceptors (Lipinski definition) is 7. The Morgan fingerprint density at radius 3 is 1.79 bits per heavy atom. The number of aldehydes is 1. The summed E-state index contributed by atoms with van der Waals surface area (Å²) < 4.78 is 9.68. The number of furan rings is 2. The summed E-state index contributed by atoms with van der Waals surface area (Å²) >= 11 is 2.92. The van der Waals surface area contributed by atoms with Crippen molar-refractivity contribution < 1.29 is 23.2 Å². The second kappa shape index (κ2) is 12.2. The molecule has 0 aromatic carbocycles. The van der Waals surface area contributed by atoms with Gasteiger partial charge in [0.25, 0.3) is 0 Å². The molecule has 29 heavy (non-hydrogen) atoms. The maximum absolute atomic E-state index is 11.5. The van der Waals surface area contributed by atoms with Gasteiger partial charge in [-0.2, -0.15) is 0 Å². The van der Waals surface area contributed by atoms with E-state index in [1.807, 2.05) is 29.0 Å². The molecule has 0 amide bonds. The monoisotopic (exact) mass is 426 g/mol. The zero-order chi connectivity index (χ0) is 20.9. The Hall–Kier alpha value is -3.29. The lowest BCUT2D eigenvalue weighted by Gasteiger charge is -1.86. The lowest BCUT2D eigenvalue weighted by atomic mass is 10.3. The first-order valence-electron chi connectivity index (χ1n) is 8.42. The Balaban J connectivity index is 0.000000170. The number of thiophene rings is 2. The normalized spacial score (nSPS) is 9.83. The Kier molecular flexibility index (Phi) is 9.28. The summed E-state index contributed by atoms with van der Waals surface area (Å²) in [6, 6.07) is 14.2. The molecule has 0 spiro atoms. The van der Waals surface area contributed by atoms with Gasteiger partial charge in [0, 0.05) is 0 Å². The average molecular weight is 427 g/mol. The molecule has 4 rings (SSSR count). The van der Waals surface area contributed by atoms with Crippen LogP contribution in [0, 0.1) is 0 Å². The van der Waals surface area contributed by atoms with E-state index in [1.54, 1.807) is 49.6 Å². The van der Waals surface area contributed by atoms with E-state index in [2.05, 4.69) is 4.42 Å². The van der Waals surface area contributed by atoms with E-state index in [-0.39, 0.29) is 11.6 Å². The molecule has 0 aliphatic carbocycles. The van der Waals surface area contributed by atoms with Gasteiger partial charge in [-0.05, 0) is 66.2 Å². The van der Waals surface area contributed by atoms with Crippen molar-refractivity contribution >= 4 is 46.6 Å². The zero-order valence-corrected chi connectivity index (χ0v) is 17.2. The van der Waals surface area contributed by atoms with Crippen LogP contribution in [0.5, 0.6) is 0 Å². The summed E-state index contributed by atoms with van der Waals surface area (Å²) in [5.74, 6) is 1.23. The van der Waals surface area contributed by atoms with E-state index < -0.39 is 0 Å². The molecular formula is C22H18O5S2. The van der Waals surface area contributed by atoms with Gasteiger partial charge in [-0.3, -0.25) is 14.4 Å². The molecule has 0 aliphatic rings. The fourth-order valence-electron chi connectivity index (χ4n) is 1.88. The van der Waals surface area contributed by atoms with Gasteiger partial charge in [-0.15, -0.1) is 22.7 Å². The van der Waals surface area contributed by atoms with Crippen LogP contribution in [-0.2, 0) is 0 Å². The first-order valence-corrected chi connectivity index (χ1v) is 10.2. The standard InChI is InChI=1S/C11H8O2S.C6H6OS.C5H4O2/c12-10(11-4-2-8-14-11)6-5-9-3-1-7-13-9;1-5(7)6-3-2-4-8-6;6-4-5-2-1-3-7-5/h1-8H;2-4H,1H3;1-4H/b6-5+;;. The molecule has 0 unspecified atom stereocenters. The van der Waals surface area contributed by atoms with Crippen LogP contribution in [-0.4, -0.2) is 17.9 Å². The van der Waals surface area contributed by atoms with E-state index in [4.69, 9.17) is 4.42 Å². The molecule has 4 heterocycles. The Bertz CT molecular complexity index is 994. The third kappa shape index (κ3) is 8.08. The topological polar surface area (TPSA) is 77.5 Å². The highest BCUT2D eigenvalue weighted by atomic mass is 32.1. The second-order valence-electron chi connectivity index (χ2n) is 5.36. The summed E-state index contributed by atoms with van der Waals surface area (Å²) in [5.41, 5.74) is 0. The van der Waals surface area contributed by atoms with Gasteiger partial charge in [0.2, 0.25) is 0 Å². The molecule has 0 radical (unpaired) electrons. The third-order valence-corrected chi connectivity index (χ3v) is 5.09. The van der Waals surface area contributed by atoms with Crippen molar-refractivity contribution in [2.24, 2.45) is 0 Å².